The number of rotatable bonds is 4. The van der Waals surface area contributed by atoms with Gasteiger partial charge >= 0.3 is 6.61 Å². The fourth-order valence-corrected chi connectivity index (χ4v) is 1.21. The van der Waals surface area contributed by atoms with Crippen LogP contribution in [-0.2, 0) is 0 Å². The second kappa shape index (κ2) is 5.04. The van der Waals surface area contributed by atoms with E-state index in [0.29, 0.717) is 0 Å². The van der Waals surface area contributed by atoms with E-state index in [4.69, 9.17) is 5.73 Å². The van der Waals surface area contributed by atoms with Crippen LogP contribution in [0, 0.1) is 0 Å². The Morgan fingerprint density at radius 2 is 1.93 bits per heavy atom. The zero-order valence-corrected chi connectivity index (χ0v) is 8.23. The summed E-state index contributed by atoms with van der Waals surface area (Å²) in [4.78, 5) is 0. The SMILES string of the molecule is CC(N)C(O)c1ccccc1OC(F)F. The molecule has 5 heteroatoms. The van der Waals surface area contributed by atoms with Crippen molar-refractivity contribution in [1.82, 2.24) is 0 Å². The molecule has 0 bridgehead atoms. The number of benzene rings is 1. The summed E-state index contributed by atoms with van der Waals surface area (Å²) in [5.74, 6) is -0.0442. The monoisotopic (exact) mass is 217 g/mol. The van der Waals surface area contributed by atoms with Crippen LogP contribution in [0.5, 0.6) is 5.75 Å². The molecule has 0 radical (unpaired) electrons. The number of alkyl halides is 2. The molecule has 1 rings (SSSR count). The quantitative estimate of drug-likeness (QED) is 0.806. The van der Waals surface area contributed by atoms with Gasteiger partial charge in [-0.05, 0) is 13.0 Å². The van der Waals surface area contributed by atoms with Crippen molar-refractivity contribution in [1.29, 1.82) is 0 Å². The van der Waals surface area contributed by atoms with Crippen molar-refractivity contribution in [2.45, 2.75) is 25.7 Å². The lowest BCUT2D eigenvalue weighted by atomic mass is 10.0. The van der Waals surface area contributed by atoms with E-state index in [2.05, 4.69) is 4.74 Å². The molecule has 0 fully saturated rings. The summed E-state index contributed by atoms with van der Waals surface area (Å²) < 4.78 is 28.3. The maximum Gasteiger partial charge on any atom is 0.387 e. The van der Waals surface area contributed by atoms with E-state index in [9.17, 15) is 13.9 Å². The summed E-state index contributed by atoms with van der Waals surface area (Å²) in [6.07, 6.45) is -1.01. The molecular weight excluding hydrogens is 204 g/mol. The highest BCUT2D eigenvalue weighted by molar-refractivity contribution is 5.35. The molecule has 1 aromatic carbocycles. The van der Waals surface area contributed by atoms with Gasteiger partial charge in [-0.3, -0.25) is 0 Å². The average molecular weight is 217 g/mol. The molecule has 0 amide bonds. The molecule has 3 N–H and O–H groups in total. The molecule has 0 heterocycles. The van der Waals surface area contributed by atoms with Crippen LogP contribution >= 0.6 is 0 Å². The zero-order valence-electron chi connectivity index (χ0n) is 8.23. The predicted octanol–water partition coefficient (Wildman–Crippen LogP) is 1.67. The van der Waals surface area contributed by atoms with E-state index < -0.39 is 18.8 Å². The number of aliphatic hydroxyl groups excluding tert-OH is 1. The van der Waals surface area contributed by atoms with Gasteiger partial charge in [0.25, 0.3) is 0 Å². The third-order valence-electron chi connectivity index (χ3n) is 1.95. The lowest BCUT2D eigenvalue weighted by Gasteiger charge is -2.18. The highest BCUT2D eigenvalue weighted by Crippen LogP contribution is 2.27. The summed E-state index contributed by atoms with van der Waals surface area (Å²) in [7, 11) is 0. The minimum Gasteiger partial charge on any atom is -0.434 e. The summed E-state index contributed by atoms with van der Waals surface area (Å²) in [5, 5.41) is 9.64. The standard InChI is InChI=1S/C10H13F2NO2/c1-6(13)9(14)7-4-2-3-5-8(7)15-10(11)12/h2-6,9-10,14H,13H2,1H3. The Morgan fingerprint density at radius 3 is 2.47 bits per heavy atom. The lowest BCUT2D eigenvalue weighted by Crippen LogP contribution is -2.25. The number of para-hydroxylation sites is 1. The van der Waals surface area contributed by atoms with Crippen molar-refractivity contribution in [3.63, 3.8) is 0 Å². The topological polar surface area (TPSA) is 55.5 Å². The molecule has 0 aliphatic heterocycles. The van der Waals surface area contributed by atoms with Crippen molar-refractivity contribution >= 4 is 0 Å². The Labute approximate surface area is 86.5 Å². The van der Waals surface area contributed by atoms with E-state index in [1.807, 2.05) is 0 Å². The van der Waals surface area contributed by atoms with E-state index in [0.717, 1.165) is 0 Å². The Bertz CT molecular complexity index is 318. The summed E-state index contributed by atoms with van der Waals surface area (Å²) in [6.45, 7) is -1.32. The molecule has 3 nitrogen and oxygen atoms in total. The molecule has 84 valence electrons. The number of nitrogens with two attached hydrogens (primary N) is 1. The third-order valence-corrected chi connectivity index (χ3v) is 1.95. The molecule has 0 spiro atoms. The first kappa shape index (κ1) is 11.9. The first-order chi connectivity index (χ1) is 7.02. The number of halogens is 2. The molecule has 1 aromatic rings. The molecule has 0 saturated heterocycles. The Balaban J connectivity index is 2.95. The van der Waals surface area contributed by atoms with Gasteiger partial charge in [-0.15, -0.1) is 0 Å². The molecule has 0 aliphatic carbocycles. The van der Waals surface area contributed by atoms with Crippen LogP contribution < -0.4 is 10.5 Å². The number of hydrogen-bond donors (Lipinski definition) is 2. The second-order valence-electron chi connectivity index (χ2n) is 3.22. The van der Waals surface area contributed by atoms with Gasteiger partial charge in [-0.1, -0.05) is 18.2 Å². The van der Waals surface area contributed by atoms with Crippen LogP contribution in [0.2, 0.25) is 0 Å². The highest BCUT2D eigenvalue weighted by Gasteiger charge is 2.18. The average Bonchev–Trinajstić information content (AvgIpc) is 2.16. The van der Waals surface area contributed by atoms with Gasteiger partial charge in [0.2, 0.25) is 0 Å². The van der Waals surface area contributed by atoms with Gasteiger partial charge in [0.1, 0.15) is 5.75 Å². The fraction of sp³-hybridized carbons (Fsp3) is 0.400. The molecule has 0 aliphatic rings. The smallest absolute Gasteiger partial charge is 0.387 e. The highest BCUT2D eigenvalue weighted by atomic mass is 19.3. The minimum absolute atomic E-state index is 0.0442. The Kier molecular flexibility index (Phi) is 3.99. The molecular formula is C10H13F2NO2. The van der Waals surface area contributed by atoms with E-state index in [1.165, 1.54) is 12.1 Å². The van der Waals surface area contributed by atoms with Crippen LogP contribution in [0.15, 0.2) is 24.3 Å². The van der Waals surface area contributed by atoms with Gasteiger partial charge in [0.05, 0.1) is 6.10 Å². The number of hydrogen-bond acceptors (Lipinski definition) is 3. The van der Waals surface area contributed by atoms with Crippen molar-refractivity contribution in [3.8, 4) is 5.75 Å². The van der Waals surface area contributed by atoms with E-state index in [-0.39, 0.29) is 11.3 Å². The summed E-state index contributed by atoms with van der Waals surface area (Å²) >= 11 is 0. The van der Waals surface area contributed by atoms with Crippen molar-refractivity contribution < 1.29 is 18.6 Å². The van der Waals surface area contributed by atoms with Crippen LogP contribution in [0.25, 0.3) is 0 Å². The van der Waals surface area contributed by atoms with Crippen LogP contribution in [-0.4, -0.2) is 17.8 Å². The summed E-state index contributed by atoms with van der Waals surface area (Å²) in [5.41, 5.74) is 5.75. The zero-order chi connectivity index (χ0) is 11.4. The number of ether oxygens (including phenoxy) is 1. The largest absolute Gasteiger partial charge is 0.434 e. The predicted molar refractivity (Wildman–Crippen MR) is 51.7 cm³/mol. The first-order valence-corrected chi connectivity index (χ1v) is 4.49. The molecule has 0 aromatic heterocycles. The van der Waals surface area contributed by atoms with Gasteiger partial charge in [-0.25, -0.2) is 0 Å². The van der Waals surface area contributed by atoms with Gasteiger partial charge in [-0.2, -0.15) is 8.78 Å². The Hall–Kier alpha value is -1.20. The molecule has 0 saturated carbocycles. The second-order valence-corrected chi connectivity index (χ2v) is 3.22. The first-order valence-electron chi connectivity index (χ1n) is 4.49. The van der Waals surface area contributed by atoms with Crippen molar-refractivity contribution in [3.05, 3.63) is 29.8 Å². The third kappa shape index (κ3) is 3.14. The van der Waals surface area contributed by atoms with Gasteiger partial charge in [0.15, 0.2) is 0 Å². The maximum atomic E-state index is 12.0. The van der Waals surface area contributed by atoms with Crippen molar-refractivity contribution in [2.75, 3.05) is 0 Å². The van der Waals surface area contributed by atoms with Crippen LogP contribution in [0.3, 0.4) is 0 Å². The molecule has 15 heavy (non-hydrogen) atoms. The van der Waals surface area contributed by atoms with Crippen LogP contribution in [0.1, 0.15) is 18.6 Å². The van der Waals surface area contributed by atoms with Crippen LogP contribution in [0.4, 0.5) is 8.78 Å². The van der Waals surface area contributed by atoms with Gasteiger partial charge in [0, 0.05) is 11.6 Å². The lowest BCUT2D eigenvalue weighted by molar-refractivity contribution is -0.0517. The summed E-state index contributed by atoms with van der Waals surface area (Å²) in [6, 6.07) is 5.50. The van der Waals surface area contributed by atoms with Crippen molar-refractivity contribution in [2.24, 2.45) is 5.73 Å². The fourth-order valence-electron chi connectivity index (χ4n) is 1.21. The maximum absolute atomic E-state index is 12.0. The Morgan fingerprint density at radius 1 is 1.33 bits per heavy atom. The van der Waals surface area contributed by atoms with Gasteiger partial charge < -0.3 is 15.6 Å². The van der Waals surface area contributed by atoms with E-state index >= 15 is 0 Å². The molecule has 2 atom stereocenters. The number of aliphatic hydroxyl groups is 1. The normalized spacial score (nSPS) is 15.1. The van der Waals surface area contributed by atoms with E-state index in [1.54, 1.807) is 19.1 Å². The molecule has 2 unspecified atom stereocenters. The minimum atomic E-state index is -2.91.